The number of aryl methyl sites for hydroxylation is 1. The topological polar surface area (TPSA) is 115 Å². The normalized spacial score (nSPS) is 18.3. The Balaban J connectivity index is 2.14. The Bertz CT molecular complexity index is 680. The maximum absolute atomic E-state index is 12.5. The predicted molar refractivity (Wildman–Crippen MR) is 87.6 cm³/mol. The van der Waals surface area contributed by atoms with Gasteiger partial charge in [-0.1, -0.05) is 25.7 Å². The van der Waals surface area contributed by atoms with Gasteiger partial charge in [0, 0.05) is 24.2 Å². The highest BCUT2D eigenvalue weighted by Gasteiger charge is 2.29. The molecule has 0 radical (unpaired) electrons. The second kappa shape index (κ2) is 6.94. The summed E-state index contributed by atoms with van der Waals surface area (Å²) in [6.07, 6.45) is 5.88. The number of sulfonamides is 1. The van der Waals surface area contributed by atoms with E-state index in [1.54, 1.807) is 6.92 Å². The van der Waals surface area contributed by atoms with E-state index in [4.69, 9.17) is 5.73 Å². The molecule has 2 rings (SSSR count). The summed E-state index contributed by atoms with van der Waals surface area (Å²) >= 11 is 0. The molecule has 128 valence electrons. The standard InChI is InChI=1S/C15H23N3O4S/c1-12-10-13(18(19)20)6-7-14(12)23(21,22)17-11-15(16)8-4-2-3-5-9-15/h6-7,10,17H,2-5,8-9,11,16H2,1H3. The van der Waals surface area contributed by atoms with Gasteiger partial charge in [-0.05, 0) is 31.4 Å². The summed E-state index contributed by atoms with van der Waals surface area (Å²) in [4.78, 5) is 10.3. The van der Waals surface area contributed by atoms with Gasteiger partial charge in [-0.25, -0.2) is 13.1 Å². The number of benzene rings is 1. The number of nitro groups is 1. The number of hydrogen-bond donors (Lipinski definition) is 2. The van der Waals surface area contributed by atoms with E-state index in [-0.39, 0.29) is 17.1 Å². The Morgan fingerprint density at radius 3 is 2.39 bits per heavy atom. The number of non-ortho nitro benzene ring substituents is 1. The molecule has 1 aromatic carbocycles. The highest BCUT2D eigenvalue weighted by Crippen LogP contribution is 2.26. The second-order valence-electron chi connectivity index (χ2n) is 6.31. The van der Waals surface area contributed by atoms with Crippen molar-refractivity contribution >= 4 is 15.7 Å². The van der Waals surface area contributed by atoms with Gasteiger partial charge in [-0.3, -0.25) is 10.1 Å². The van der Waals surface area contributed by atoms with Crippen LogP contribution in [0.4, 0.5) is 5.69 Å². The second-order valence-corrected chi connectivity index (χ2v) is 8.04. The number of nitrogens with zero attached hydrogens (tertiary/aromatic N) is 1. The molecule has 3 N–H and O–H groups in total. The fraction of sp³-hybridized carbons (Fsp3) is 0.600. The Hall–Kier alpha value is -1.51. The lowest BCUT2D eigenvalue weighted by molar-refractivity contribution is -0.385. The third kappa shape index (κ3) is 4.49. The molecular weight excluding hydrogens is 318 g/mol. The molecule has 1 saturated carbocycles. The van der Waals surface area contributed by atoms with E-state index in [0.717, 1.165) is 38.5 Å². The molecule has 0 saturated heterocycles. The van der Waals surface area contributed by atoms with Crippen LogP contribution >= 0.6 is 0 Å². The van der Waals surface area contributed by atoms with Gasteiger partial charge < -0.3 is 5.73 Å². The van der Waals surface area contributed by atoms with Crippen LogP contribution in [0.3, 0.4) is 0 Å². The molecule has 1 aliphatic carbocycles. The van der Waals surface area contributed by atoms with Gasteiger partial charge >= 0.3 is 0 Å². The lowest BCUT2D eigenvalue weighted by Gasteiger charge is -2.28. The van der Waals surface area contributed by atoms with Crippen molar-refractivity contribution < 1.29 is 13.3 Å². The van der Waals surface area contributed by atoms with Crippen molar-refractivity contribution in [1.82, 2.24) is 4.72 Å². The minimum Gasteiger partial charge on any atom is -0.324 e. The molecule has 0 atom stereocenters. The Morgan fingerprint density at radius 2 is 1.87 bits per heavy atom. The van der Waals surface area contributed by atoms with Crippen LogP contribution in [0, 0.1) is 17.0 Å². The van der Waals surface area contributed by atoms with Crippen LogP contribution in [0.25, 0.3) is 0 Å². The number of nitrogens with one attached hydrogen (secondary N) is 1. The van der Waals surface area contributed by atoms with E-state index in [9.17, 15) is 18.5 Å². The summed E-state index contributed by atoms with van der Waals surface area (Å²) in [5.74, 6) is 0. The van der Waals surface area contributed by atoms with Crippen LogP contribution in [0.15, 0.2) is 23.1 Å². The first kappa shape index (κ1) is 17.8. The molecule has 0 aliphatic heterocycles. The molecule has 0 amide bonds. The Morgan fingerprint density at radius 1 is 1.26 bits per heavy atom. The van der Waals surface area contributed by atoms with Crippen molar-refractivity contribution in [3.05, 3.63) is 33.9 Å². The molecule has 7 nitrogen and oxygen atoms in total. The molecule has 23 heavy (non-hydrogen) atoms. The molecule has 0 unspecified atom stereocenters. The zero-order chi connectivity index (χ0) is 17.1. The summed E-state index contributed by atoms with van der Waals surface area (Å²) in [5.41, 5.74) is 6.04. The predicted octanol–water partition coefficient (Wildman–Crippen LogP) is 2.23. The average Bonchev–Trinajstić information content (AvgIpc) is 2.70. The average molecular weight is 341 g/mol. The van der Waals surface area contributed by atoms with Crippen molar-refractivity contribution in [2.45, 2.75) is 55.9 Å². The van der Waals surface area contributed by atoms with Gasteiger partial charge in [-0.2, -0.15) is 0 Å². The van der Waals surface area contributed by atoms with Crippen molar-refractivity contribution in [2.75, 3.05) is 6.54 Å². The van der Waals surface area contributed by atoms with Crippen LogP contribution in [-0.4, -0.2) is 25.4 Å². The van der Waals surface area contributed by atoms with Gasteiger partial charge in [0.05, 0.1) is 9.82 Å². The monoisotopic (exact) mass is 341 g/mol. The lowest BCUT2D eigenvalue weighted by Crippen LogP contribution is -2.49. The van der Waals surface area contributed by atoms with E-state index in [1.165, 1.54) is 18.2 Å². The zero-order valence-corrected chi connectivity index (χ0v) is 14.1. The van der Waals surface area contributed by atoms with Crippen LogP contribution in [0.2, 0.25) is 0 Å². The first-order chi connectivity index (χ1) is 10.7. The van der Waals surface area contributed by atoms with E-state index < -0.39 is 20.5 Å². The summed E-state index contributed by atoms with van der Waals surface area (Å²) in [5, 5.41) is 10.7. The molecule has 0 heterocycles. The third-order valence-corrected chi connectivity index (χ3v) is 5.93. The first-order valence-corrected chi connectivity index (χ1v) is 9.25. The van der Waals surface area contributed by atoms with E-state index in [0.29, 0.717) is 5.56 Å². The third-order valence-electron chi connectivity index (χ3n) is 4.37. The summed E-state index contributed by atoms with van der Waals surface area (Å²) in [7, 11) is -3.74. The minimum absolute atomic E-state index is 0.0559. The first-order valence-electron chi connectivity index (χ1n) is 7.77. The van der Waals surface area contributed by atoms with Crippen LogP contribution in [0.1, 0.15) is 44.1 Å². The van der Waals surface area contributed by atoms with Crippen molar-refractivity contribution in [1.29, 1.82) is 0 Å². The molecular formula is C15H23N3O4S. The molecule has 8 heteroatoms. The number of rotatable bonds is 5. The number of nitro benzene ring substituents is 1. The molecule has 1 aliphatic rings. The van der Waals surface area contributed by atoms with Crippen LogP contribution < -0.4 is 10.5 Å². The lowest BCUT2D eigenvalue weighted by atomic mass is 9.92. The molecule has 0 bridgehead atoms. The molecule has 1 fully saturated rings. The van der Waals surface area contributed by atoms with Gasteiger partial charge in [-0.15, -0.1) is 0 Å². The molecule has 0 spiro atoms. The van der Waals surface area contributed by atoms with E-state index in [1.807, 2.05) is 0 Å². The highest BCUT2D eigenvalue weighted by molar-refractivity contribution is 7.89. The summed E-state index contributed by atoms with van der Waals surface area (Å²) in [6, 6.07) is 3.73. The van der Waals surface area contributed by atoms with Crippen molar-refractivity contribution in [3.8, 4) is 0 Å². The smallest absolute Gasteiger partial charge is 0.269 e. The summed E-state index contributed by atoms with van der Waals surface area (Å²) < 4.78 is 27.5. The molecule has 1 aromatic rings. The highest BCUT2D eigenvalue weighted by atomic mass is 32.2. The quantitative estimate of drug-likeness (QED) is 0.484. The Kier molecular flexibility index (Phi) is 5.38. The maximum Gasteiger partial charge on any atom is 0.269 e. The summed E-state index contributed by atoms with van der Waals surface area (Å²) in [6.45, 7) is 1.73. The van der Waals surface area contributed by atoms with Crippen molar-refractivity contribution in [3.63, 3.8) is 0 Å². The van der Waals surface area contributed by atoms with Crippen molar-refractivity contribution in [2.24, 2.45) is 5.73 Å². The molecule has 0 aromatic heterocycles. The maximum atomic E-state index is 12.5. The number of nitrogens with two attached hydrogens (primary N) is 1. The number of hydrogen-bond acceptors (Lipinski definition) is 5. The fourth-order valence-corrected chi connectivity index (χ4v) is 4.34. The van der Waals surface area contributed by atoms with E-state index >= 15 is 0 Å². The van der Waals surface area contributed by atoms with Crippen LogP contribution in [0.5, 0.6) is 0 Å². The minimum atomic E-state index is -3.74. The SMILES string of the molecule is Cc1cc([N+](=O)[O-])ccc1S(=O)(=O)NCC1(N)CCCCCC1. The fourth-order valence-electron chi connectivity index (χ4n) is 2.97. The van der Waals surface area contributed by atoms with Crippen LogP contribution in [-0.2, 0) is 10.0 Å². The van der Waals surface area contributed by atoms with E-state index in [2.05, 4.69) is 4.72 Å². The van der Waals surface area contributed by atoms with Gasteiger partial charge in [0.15, 0.2) is 0 Å². The Labute approximate surface area is 136 Å². The largest absolute Gasteiger partial charge is 0.324 e. The van der Waals surface area contributed by atoms with Gasteiger partial charge in [0.2, 0.25) is 10.0 Å². The zero-order valence-electron chi connectivity index (χ0n) is 13.2. The van der Waals surface area contributed by atoms with Gasteiger partial charge in [0.25, 0.3) is 5.69 Å². The van der Waals surface area contributed by atoms with Gasteiger partial charge in [0.1, 0.15) is 0 Å².